The van der Waals surface area contributed by atoms with Crippen LogP contribution in [-0.4, -0.2) is 17.1 Å². The lowest BCUT2D eigenvalue weighted by atomic mass is 10.1. The van der Waals surface area contributed by atoms with Gasteiger partial charge in [0.1, 0.15) is 12.1 Å². The van der Waals surface area contributed by atoms with E-state index in [0.29, 0.717) is 5.88 Å². The van der Waals surface area contributed by atoms with Gasteiger partial charge in [-0.2, -0.15) is 0 Å². The molecule has 2 heterocycles. The van der Waals surface area contributed by atoms with E-state index in [0.717, 1.165) is 25.5 Å². The van der Waals surface area contributed by atoms with Crippen LogP contribution in [0.4, 0.5) is 5.82 Å². The number of nitrogens with one attached hydrogen (secondary N) is 2. The van der Waals surface area contributed by atoms with Gasteiger partial charge in [-0.15, -0.1) is 0 Å². The third kappa shape index (κ3) is 2.66. The van der Waals surface area contributed by atoms with E-state index in [4.69, 9.17) is 4.74 Å². The monoisotopic (exact) mass is 256 g/mol. The molecule has 0 amide bonds. The van der Waals surface area contributed by atoms with Crippen molar-refractivity contribution in [3.05, 3.63) is 47.3 Å². The lowest BCUT2D eigenvalue weighted by Crippen LogP contribution is -2.03. The van der Waals surface area contributed by atoms with Crippen LogP contribution >= 0.6 is 0 Å². The molecule has 1 aromatic heterocycles. The highest BCUT2D eigenvalue weighted by atomic mass is 16.5. The van der Waals surface area contributed by atoms with Gasteiger partial charge < -0.3 is 15.4 Å². The van der Waals surface area contributed by atoms with E-state index in [1.165, 1.54) is 23.0 Å². The first-order chi connectivity index (χ1) is 9.35. The Hall–Kier alpha value is -2.14. The highest BCUT2D eigenvalue weighted by Gasteiger charge is 2.09. The molecule has 0 saturated heterocycles. The van der Waals surface area contributed by atoms with Crippen molar-refractivity contribution in [2.75, 3.05) is 12.4 Å². The fourth-order valence-electron chi connectivity index (χ4n) is 2.20. The Kier molecular flexibility index (Phi) is 3.29. The molecule has 2 aromatic rings. The van der Waals surface area contributed by atoms with E-state index >= 15 is 0 Å². The molecule has 1 aliphatic rings. The second kappa shape index (κ2) is 5.24. The fourth-order valence-corrected chi connectivity index (χ4v) is 2.20. The number of hydrogen-bond acceptors (Lipinski definition) is 5. The Morgan fingerprint density at radius 3 is 3.00 bits per heavy atom. The summed E-state index contributed by atoms with van der Waals surface area (Å²) in [4.78, 5) is 8.14. The molecule has 0 unspecified atom stereocenters. The number of fused-ring (bicyclic) bond motifs is 1. The van der Waals surface area contributed by atoms with Crippen LogP contribution in [-0.2, 0) is 19.6 Å². The lowest BCUT2D eigenvalue weighted by molar-refractivity contribution is 0.397. The molecule has 5 heteroatoms. The normalized spacial score (nSPS) is 13.1. The van der Waals surface area contributed by atoms with Gasteiger partial charge in [-0.3, -0.25) is 0 Å². The van der Waals surface area contributed by atoms with E-state index in [9.17, 15) is 0 Å². The molecule has 98 valence electrons. The predicted molar refractivity (Wildman–Crippen MR) is 72.9 cm³/mol. The number of benzene rings is 1. The average Bonchev–Trinajstić information content (AvgIpc) is 2.93. The summed E-state index contributed by atoms with van der Waals surface area (Å²) in [5, 5.41) is 6.62. The molecule has 1 aliphatic heterocycles. The average molecular weight is 256 g/mol. The van der Waals surface area contributed by atoms with E-state index in [1.807, 2.05) is 0 Å². The van der Waals surface area contributed by atoms with Crippen LogP contribution in [0.3, 0.4) is 0 Å². The lowest BCUT2D eigenvalue weighted by Gasteiger charge is -2.08. The summed E-state index contributed by atoms with van der Waals surface area (Å²) >= 11 is 0. The molecular formula is C14H16N4O. The van der Waals surface area contributed by atoms with Crippen molar-refractivity contribution in [2.24, 2.45) is 0 Å². The highest BCUT2D eigenvalue weighted by Crippen LogP contribution is 2.18. The van der Waals surface area contributed by atoms with Crippen LogP contribution in [0.25, 0.3) is 0 Å². The van der Waals surface area contributed by atoms with Crippen LogP contribution in [0.5, 0.6) is 5.88 Å². The summed E-state index contributed by atoms with van der Waals surface area (Å²) in [5.74, 6) is 1.33. The van der Waals surface area contributed by atoms with Gasteiger partial charge in [0.25, 0.3) is 0 Å². The van der Waals surface area contributed by atoms with Crippen LogP contribution in [0.15, 0.2) is 30.6 Å². The molecule has 2 N–H and O–H groups in total. The molecule has 0 bridgehead atoms. The predicted octanol–water partition coefficient (Wildman–Crippen LogP) is 1.70. The zero-order chi connectivity index (χ0) is 13.1. The SMILES string of the molecule is COc1cc(NCc2ccc3c(c2)CNC3)ncn1. The minimum Gasteiger partial charge on any atom is -0.481 e. The molecule has 3 rings (SSSR count). The summed E-state index contributed by atoms with van der Waals surface area (Å²) in [6.07, 6.45) is 1.49. The molecule has 0 aliphatic carbocycles. The summed E-state index contributed by atoms with van der Waals surface area (Å²) in [6.45, 7) is 2.68. The third-order valence-electron chi connectivity index (χ3n) is 3.23. The number of anilines is 1. The maximum Gasteiger partial charge on any atom is 0.218 e. The number of ether oxygens (including phenoxy) is 1. The number of nitrogens with zero attached hydrogens (tertiary/aromatic N) is 2. The Balaban J connectivity index is 1.68. The molecule has 0 radical (unpaired) electrons. The quantitative estimate of drug-likeness (QED) is 0.872. The second-order valence-corrected chi connectivity index (χ2v) is 4.51. The Labute approximate surface area is 112 Å². The number of methoxy groups -OCH3 is 1. The maximum absolute atomic E-state index is 5.07. The Morgan fingerprint density at radius 2 is 2.11 bits per heavy atom. The van der Waals surface area contributed by atoms with Gasteiger partial charge in [0, 0.05) is 25.7 Å². The topological polar surface area (TPSA) is 59.1 Å². The van der Waals surface area contributed by atoms with Crippen molar-refractivity contribution in [1.29, 1.82) is 0 Å². The first kappa shape index (κ1) is 11.9. The molecule has 0 spiro atoms. The van der Waals surface area contributed by atoms with Gasteiger partial charge in [0.05, 0.1) is 7.11 Å². The minimum atomic E-state index is 0.565. The van der Waals surface area contributed by atoms with Crippen molar-refractivity contribution < 1.29 is 4.74 Å². The van der Waals surface area contributed by atoms with Crippen LogP contribution in [0.2, 0.25) is 0 Å². The maximum atomic E-state index is 5.07. The number of rotatable bonds is 4. The Morgan fingerprint density at radius 1 is 1.21 bits per heavy atom. The van der Waals surface area contributed by atoms with Crippen molar-refractivity contribution in [1.82, 2.24) is 15.3 Å². The van der Waals surface area contributed by atoms with E-state index < -0.39 is 0 Å². The number of hydrogen-bond donors (Lipinski definition) is 2. The summed E-state index contributed by atoms with van der Waals surface area (Å²) < 4.78 is 5.07. The highest BCUT2D eigenvalue weighted by molar-refractivity contribution is 5.40. The van der Waals surface area contributed by atoms with Gasteiger partial charge in [-0.1, -0.05) is 18.2 Å². The summed E-state index contributed by atoms with van der Waals surface area (Å²) in [6, 6.07) is 8.36. The minimum absolute atomic E-state index is 0.565. The van der Waals surface area contributed by atoms with Gasteiger partial charge in [-0.05, 0) is 16.7 Å². The van der Waals surface area contributed by atoms with Crippen LogP contribution < -0.4 is 15.4 Å². The van der Waals surface area contributed by atoms with Crippen LogP contribution in [0.1, 0.15) is 16.7 Å². The molecule has 0 fully saturated rings. The van der Waals surface area contributed by atoms with Crippen molar-refractivity contribution in [3.8, 4) is 5.88 Å². The zero-order valence-corrected chi connectivity index (χ0v) is 10.8. The Bertz CT molecular complexity index is 585. The summed E-state index contributed by atoms with van der Waals surface area (Å²) in [5.41, 5.74) is 4.03. The number of aromatic nitrogens is 2. The zero-order valence-electron chi connectivity index (χ0n) is 10.8. The first-order valence-electron chi connectivity index (χ1n) is 6.26. The van der Waals surface area contributed by atoms with Crippen LogP contribution in [0, 0.1) is 0 Å². The van der Waals surface area contributed by atoms with Crippen molar-refractivity contribution in [3.63, 3.8) is 0 Å². The van der Waals surface area contributed by atoms with Gasteiger partial charge in [-0.25, -0.2) is 9.97 Å². The molecule has 0 atom stereocenters. The largest absolute Gasteiger partial charge is 0.481 e. The molecule has 19 heavy (non-hydrogen) atoms. The third-order valence-corrected chi connectivity index (χ3v) is 3.23. The van der Waals surface area contributed by atoms with Crippen molar-refractivity contribution in [2.45, 2.75) is 19.6 Å². The second-order valence-electron chi connectivity index (χ2n) is 4.51. The molecular weight excluding hydrogens is 240 g/mol. The fraction of sp³-hybridized carbons (Fsp3) is 0.286. The molecule has 0 saturated carbocycles. The smallest absolute Gasteiger partial charge is 0.218 e. The van der Waals surface area contributed by atoms with Gasteiger partial charge >= 0.3 is 0 Å². The van der Waals surface area contributed by atoms with E-state index in [1.54, 1.807) is 13.2 Å². The van der Waals surface area contributed by atoms with E-state index in [-0.39, 0.29) is 0 Å². The standard InChI is InChI=1S/C14H16N4O/c1-19-14-5-13(17-9-18-14)16-6-10-2-3-11-7-15-8-12(11)4-10/h2-5,9,15H,6-8H2,1H3,(H,16,17,18). The molecule has 5 nitrogen and oxygen atoms in total. The first-order valence-corrected chi connectivity index (χ1v) is 6.26. The van der Waals surface area contributed by atoms with E-state index in [2.05, 4.69) is 38.8 Å². The van der Waals surface area contributed by atoms with Gasteiger partial charge in [0.2, 0.25) is 5.88 Å². The molecule has 1 aromatic carbocycles. The summed E-state index contributed by atoms with van der Waals surface area (Å²) in [7, 11) is 1.60. The van der Waals surface area contributed by atoms with Crippen molar-refractivity contribution >= 4 is 5.82 Å². The van der Waals surface area contributed by atoms with Gasteiger partial charge in [0.15, 0.2) is 0 Å².